The third-order valence-corrected chi connectivity index (χ3v) is 1.63. The SMILES string of the molecule is CCC(C)OC(=O)C(C)=CCN. The van der Waals surface area contributed by atoms with Gasteiger partial charge >= 0.3 is 5.97 Å². The van der Waals surface area contributed by atoms with Gasteiger partial charge in [-0.25, -0.2) is 4.79 Å². The van der Waals surface area contributed by atoms with Crippen molar-refractivity contribution in [1.29, 1.82) is 0 Å². The fourth-order valence-electron chi connectivity index (χ4n) is 0.619. The van der Waals surface area contributed by atoms with E-state index in [2.05, 4.69) is 0 Å². The topological polar surface area (TPSA) is 52.3 Å². The Labute approximate surface area is 73.6 Å². The van der Waals surface area contributed by atoms with E-state index in [1.165, 1.54) is 0 Å². The fourth-order valence-corrected chi connectivity index (χ4v) is 0.619. The summed E-state index contributed by atoms with van der Waals surface area (Å²) in [6.07, 6.45) is 2.48. The van der Waals surface area contributed by atoms with Crippen LogP contribution < -0.4 is 5.73 Å². The largest absolute Gasteiger partial charge is 0.459 e. The van der Waals surface area contributed by atoms with Crippen molar-refractivity contribution in [3.05, 3.63) is 11.6 Å². The fraction of sp³-hybridized carbons (Fsp3) is 0.667. The Hall–Kier alpha value is -0.830. The molecule has 0 saturated heterocycles. The Morgan fingerprint density at radius 1 is 1.67 bits per heavy atom. The van der Waals surface area contributed by atoms with Crippen molar-refractivity contribution in [2.45, 2.75) is 33.3 Å². The second-order valence-corrected chi connectivity index (χ2v) is 2.75. The van der Waals surface area contributed by atoms with Crippen LogP contribution in [-0.2, 0) is 9.53 Å². The maximum absolute atomic E-state index is 11.2. The molecule has 0 saturated carbocycles. The molecule has 3 nitrogen and oxygen atoms in total. The summed E-state index contributed by atoms with van der Waals surface area (Å²) in [4.78, 5) is 11.2. The van der Waals surface area contributed by atoms with Crippen molar-refractivity contribution in [3.63, 3.8) is 0 Å². The lowest BCUT2D eigenvalue weighted by atomic mass is 10.2. The smallest absolute Gasteiger partial charge is 0.333 e. The first kappa shape index (κ1) is 11.2. The normalized spacial score (nSPS) is 14.2. The minimum Gasteiger partial charge on any atom is -0.459 e. The summed E-state index contributed by atoms with van der Waals surface area (Å²) in [6.45, 7) is 5.92. The molecule has 0 spiro atoms. The molecule has 1 atom stereocenters. The van der Waals surface area contributed by atoms with E-state index in [-0.39, 0.29) is 12.1 Å². The van der Waals surface area contributed by atoms with Crippen LogP contribution in [0.15, 0.2) is 11.6 Å². The van der Waals surface area contributed by atoms with Crippen LogP contribution in [0.4, 0.5) is 0 Å². The zero-order valence-electron chi connectivity index (χ0n) is 7.96. The summed E-state index contributed by atoms with van der Waals surface area (Å²) in [5.41, 5.74) is 5.83. The first-order valence-corrected chi connectivity index (χ1v) is 4.19. The van der Waals surface area contributed by atoms with Crippen LogP contribution in [0.1, 0.15) is 27.2 Å². The highest BCUT2D eigenvalue weighted by atomic mass is 16.5. The minimum absolute atomic E-state index is 0.0152. The molecule has 0 aliphatic heterocycles. The Bertz CT molecular complexity index is 175. The Morgan fingerprint density at radius 2 is 2.25 bits per heavy atom. The number of carbonyl (C=O) groups excluding carboxylic acids is 1. The van der Waals surface area contributed by atoms with Gasteiger partial charge in [0, 0.05) is 12.1 Å². The molecular weight excluding hydrogens is 154 g/mol. The molecule has 0 radical (unpaired) electrons. The predicted molar refractivity (Wildman–Crippen MR) is 48.7 cm³/mol. The van der Waals surface area contributed by atoms with Crippen LogP contribution in [0.3, 0.4) is 0 Å². The summed E-state index contributed by atoms with van der Waals surface area (Å²) in [5, 5.41) is 0. The molecule has 0 aromatic heterocycles. The van der Waals surface area contributed by atoms with Gasteiger partial charge in [0.1, 0.15) is 0 Å². The van der Waals surface area contributed by atoms with Gasteiger partial charge in [0.25, 0.3) is 0 Å². The summed E-state index contributed by atoms with van der Waals surface area (Å²) in [5.74, 6) is -0.269. The third kappa shape index (κ3) is 4.13. The third-order valence-electron chi connectivity index (χ3n) is 1.63. The van der Waals surface area contributed by atoms with Gasteiger partial charge in [-0.3, -0.25) is 0 Å². The van der Waals surface area contributed by atoms with E-state index in [1.807, 2.05) is 13.8 Å². The maximum atomic E-state index is 11.2. The Kier molecular flexibility index (Phi) is 5.37. The van der Waals surface area contributed by atoms with Gasteiger partial charge in [0.15, 0.2) is 0 Å². The zero-order chi connectivity index (χ0) is 9.56. The lowest BCUT2D eigenvalue weighted by Gasteiger charge is -2.10. The molecule has 1 unspecified atom stereocenters. The molecule has 3 heteroatoms. The monoisotopic (exact) mass is 171 g/mol. The van der Waals surface area contributed by atoms with Crippen LogP contribution in [0, 0.1) is 0 Å². The lowest BCUT2D eigenvalue weighted by Crippen LogP contribution is -2.15. The van der Waals surface area contributed by atoms with Crippen molar-refractivity contribution < 1.29 is 9.53 Å². The number of rotatable bonds is 4. The number of nitrogens with two attached hydrogens (primary N) is 1. The molecule has 12 heavy (non-hydrogen) atoms. The first-order valence-electron chi connectivity index (χ1n) is 4.19. The van der Waals surface area contributed by atoms with Crippen LogP contribution in [-0.4, -0.2) is 18.6 Å². The molecule has 0 aliphatic rings. The summed E-state index contributed by atoms with van der Waals surface area (Å²) >= 11 is 0. The van der Waals surface area contributed by atoms with Crippen molar-refractivity contribution >= 4 is 5.97 Å². The van der Waals surface area contributed by atoms with Gasteiger partial charge in [0.2, 0.25) is 0 Å². The van der Waals surface area contributed by atoms with Gasteiger partial charge in [-0.05, 0) is 20.3 Å². The average molecular weight is 171 g/mol. The maximum Gasteiger partial charge on any atom is 0.333 e. The molecule has 0 aromatic rings. The van der Waals surface area contributed by atoms with Gasteiger partial charge in [-0.15, -0.1) is 0 Å². The molecular formula is C9H17NO2. The van der Waals surface area contributed by atoms with E-state index >= 15 is 0 Å². The van der Waals surface area contributed by atoms with E-state index in [1.54, 1.807) is 13.0 Å². The number of hydrogen-bond acceptors (Lipinski definition) is 3. The molecule has 0 aromatic carbocycles. The van der Waals surface area contributed by atoms with Crippen molar-refractivity contribution in [3.8, 4) is 0 Å². The van der Waals surface area contributed by atoms with Gasteiger partial charge in [-0.1, -0.05) is 13.0 Å². The first-order chi connectivity index (χ1) is 5.61. The van der Waals surface area contributed by atoms with Crippen molar-refractivity contribution in [2.24, 2.45) is 5.73 Å². The van der Waals surface area contributed by atoms with Crippen LogP contribution in [0.5, 0.6) is 0 Å². The van der Waals surface area contributed by atoms with E-state index in [9.17, 15) is 4.79 Å². The lowest BCUT2D eigenvalue weighted by molar-refractivity contribution is -0.143. The molecule has 0 bridgehead atoms. The quantitative estimate of drug-likeness (QED) is 0.511. The molecule has 0 rings (SSSR count). The standard InChI is InChI=1S/C9H17NO2/c1-4-8(3)12-9(11)7(2)5-6-10/h5,8H,4,6,10H2,1-3H3. The van der Waals surface area contributed by atoms with E-state index in [4.69, 9.17) is 10.5 Å². The Morgan fingerprint density at radius 3 is 2.67 bits per heavy atom. The summed E-state index contributed by atoms with van der Waals surface area (Å²) < 4.78 is 5.05. The van der Waals surface area contributed by atoms with E-state index in [0.29, 0.717) is 12.1 Å². The van der Waals surface area contributed by atoms with Gasteiger partial charge in [-0.2, -0.15) is 0 Å². The predicted octanol–water partition coefficient (Wildman–Crippen LogP) is 1.23. The minimum atomic E-state index is -0.269. The second kappa shape index (κ2) is 5.77. The van der Waals surface area contributed by atoms with Gasteiger partial charge in [0.05, 0.1) is 6.10 Å². The highest BCUT2D eigenvalue weighted by Gasteiger charge is 2.08. The van der Waals surface area contributed by atoms with Crippen molar-refractivity contribution in [2.75, 3.05) is 6.54 Å². The van der Waals surface area contributed by atoms with Crippen LogP contribution in [0.2, 0.25) is 0 Å². The number of carbonyl (C=O) groups is 1. The molecule has 0 fully saturated rings. The molecule has 0 aliphatic carbocycles. The summed E-state index contributed by atoms with van der Waals surface area (Å²) in [7, 11) is 0. The second-order valence-electron chi connectivity index (χ2n) is 2.75. The highest BCUT2D eigenvalue weighted by Crippen LogP contribution is 2.02. The van der Waals surface area contributed by atoms with Crippen molar-refractivity contribution in [1.82, 2.24) is 0 Å². The molecule has 0 heterocycles. The van der Waals surface area contributed by atoms with E-state index < -0.39 is 0 Å². The highest BCUT2D eigenvalue weighted by molar-refractivity contribution is 5.87. The molecule has 0 amide bonds. The number of hydrogen-bond donors (Lipinski definition) is 1. The van der Waals surface area contributed by atoms with Gasteiger partial charge < -0.3 is 10.5 Å². The van der Waals surface area contributed by atoms with Crippen LogP contribution >= 0.6 is 0 Å². The zero-order valence-corrected chi connectivity index (χ0v) is 7.96. The number of esters is 1. The molecule has 2 N–H and O–H groups in total. The molecule has 70 valence electrons. The van der Waals surface area contributed by atoms with Crippen LogP contribution in [0.25, 0.3) is 0 Å². The summed E-state index contributed by atoms with van der Waals surface area (Å²) in [6, 6.07) is 0. The number of ether oxygens (including phenoxy) is 1. The average Bonchev–Trinajstić information content (AvgIpc) is 2.04. The Balaban J connectivity index is 3.95. The van der Waals surface area contributed by atoms with E-state index in [0.717, 1.165) is 6.42 Å².